The quantitative estimate of drug-likeness (QED) is 0.100. The van der Waals surface area contributed by atoms with Gasteiger partial charge in [-0.2, -0.15) is 0 Å². The third-order valence-corrected chi connectivity index (χ3v) is 6.52. The second-order valence-corrected chi connectivity index (χ2v) is 10.7. The van der Waals surface area contributed by atoms with Crippen LogP contribution in [-0.2, 0) is 49.6 Å². The predicted octanol–water partition coefficient (Wildman–Crippen LogP) is 0.218. The lowest BCUT2D eigenvalue weighted by Crippen LogP contribution is -2.60. The largest absolute Gasteiger partial charge is 0.469 e. The van der Waals surface area contributed by atoms with Crippen LogP contribution >= 0.6 is 0 Å². The average Bonchev–Trinajstić information content (AvgIpc) is 3.02. The number of esters is 2. The highest BCUT2D eigenvalue weighted by Gasteiger charge is 2.34. The minimum atomic E-state index is -1.74. The van der Waals surface area contributed by atoms with Gasteiger partial charge in [-0.1, -0.05) is 44.2 Å². The molecule has 0 saturated carbocycles. The van der Waals surface area contributed by atoms with Crippen LogP contribution in [0.1, 0.15) is 52.0 Å². The molecule has 15 nitrogen and oxygen atoms in total. The van der Waals surface area contributed by atoms with Gasteiger partial charge in [-0.25, -0.2) is 9.18 Å². The number of Topliss-reactive ketones (excluding diaryl/α,β-unsaturated/α-hetero) is 1. The molecule has 0 aromatic heterocycles. The van der Waals surface area contributed by atoms with Crippen molar-refractivity contribution in [2.24, 2.45) is 5.92 Å². The van der Waals surface area contributed by atoms with Crippen LogP contribution in [-0.4, -0.2) is 97.8 Å². The summed E-state index contributed by atoms with van der Waals surface area (Å²) in [5.41, 5.74) is 0.712. The first kappa shape index (κ1) is 39.4. The molecule has 256 valence electrons. The molecule has 1 unspecified atom stereocenters. The van der Waals surface area contributed by atoms with Crippen LogP contribution in [0.4, 0.5) is 9.18 Å². The summed E-state index contributed by atoms with van der Waals surface area (Å²) < 4.78 is 27.4. The fraction of sp³-hybridized carbons (Fsp3) is 0.567. The molecule has 0 aliphatic heterocycles. The van der Waals surface area contributed by atoms with Gasteiger partial charge in [0.2, 0.25) is 17.7 Å². The van der Waals surface area contributed by atoms with E-state index in [1.54, 1.807) is 44.2 Å². The van der Waals surface area contributed by atoms with Crippen LogP contribution in [0.2, 0.25) is 0 Å². The Morgan fingerprint density at radius 3 is 1.91 bits per heavy atom. The molecule has 1 rings (SSSR count). The van der Waals surface area contributed by atoms with Gasteiger partial charge in [-0.3, -0.25) is 28.8 Å². The number of benzene rings is 1. The van der Waals surface area contributed by atoms with E-state index in [1.807, 2.05) is 0 Å². The van der Waals surface area contributed by atoms with Crippen LogP contribution < -0.4 is 21.3 Å². The van der Waals surface area contributed by atoms with Gasteiger partial charge >= 0.3 is 18.0 Å². The molecule has 0 heterocycles. The maximum Gasteiger partial charge on any atom is 0.408 e. The van der Waals surface area contributed by atoms with Crippen molar-refractivity contribution in [3.8, 4) is 0 Å². The van der Waals surface area contributed by atoms with E-state index in [9.17, 15) is 43.1 Å². The first-order valence-electron chi connectivity index (χ1n) is 14.5. The van der Waals surface area contributed by atoms with E-state index in [-0.39, 0.29) is 31.8 Å². The SMILES string of the molecule is COC(=O)CC[C@H](NC(=O)[C@H](CC(C)C)NC(=O)OCc1ccccc1)C(=O)N[C@H](C(=O)NC(CC(=O)OC)C(=O)CF)[C@@H](C)O. The summed E-state index contributed by atoms with van der Waals surface area (Å²) in [4.78, 5) is 87.6. The van der Waals surface area contributed by atoms with Crippen molar-refractivity contribution < 1.29 is 57.3 Å². The first-order chi connectivity index (χ1) is 21.7. The van der Waals surface area contributed by atoms with E-state index in [1.165, 1.54) is 0 Å². The average molecular weight is 655 g/mol. The van der Waals surface area contributed by atoms with Crippen LogP contribution in [0.5, 0.6) is 0 Å². The topological polar surface area (TPSA) is 216 Å². The molecule has 0 aliphatic rings. The molecule has 5 atom stereocenters. The fourth-order valence-corrected chi connectivity index (χ4v) is 4.02. The highest BCUT2D eigenvalue weighted by atomic mass is 19.1. The lowest BCUT2D eigenvalue weighted by atomic mass is 10.0. The number of ether oxygens (including phenoxy) is 3. The van der Waals surface area contributed by atoms with Crippen LogP contribution in [0.15, 0.2) is 30.3 Å². The van der Waals surface area contributed by atoms with Gasteiger partial charge in [0, 0.05) is 6.42 Å². The number of aliphatic hydroxyl groups is 1. The summed E-state index contributed by atoms with van der Waals surface area (Å²) in [7, 11) is 2.15. The van der Waals surface area contributed by atoms with Crippen molar-refractivity contribution in [2.75, 3.05) is 20.9 Å². The summed E-state index contributed by atoms with van der Waals surface area (Å²) in [5.74, 6) is -5.85. The zero-order valence-corrected chi connectivity index (χ0v) is 26.5. The van der Waals surface area contributed by atoms with E-state index in [0.29, 0.717) is 5.56 Å². The van der Waals surface area contributed by atoms with Crippen molar-refractivity contribution in [3.05, 3.63) is 35.9 Å². The Labute approximate surface area is 266 Å². The molecule has 46 heavy (non-hydrogen) atoms. The number of halogens is 1. The molecule has 4 amide bonds. The zero-order chi connectivity index (χ0) is 34.8. The third-order valence-electron chi connectivity index (χ3n) is 6.52. The fourth-order valence-electron chi connectivity index (χ4n) is 4.02. The van der Waals surface area contributed by atoms with Gasteiger partial charge in [0.25, 0.3) is 0 Å². The van der Waals surface area contributed by atoms with Crippen LogP contribution in [0.25, 0.3) is 0 Å². The molecular weight excluding hydrogens is 611 g/mol. The van der Waals surface area contributed by atoms with Gasteiger partial charge in [0.05, 0.1) is 26.7 Å². The van der Waals surface area contributed by atoms with Crippen molar-refractivity contribution >= 4 is 41.5 Å². The van der Waals surface area contributed by atoms with E-state index in [4.69, 9.17) is 4.74 Å². The summed E-state index contributed by atoms with van der Waals surface area (Å²) in [6, 6.07) is 2.78. The highest BCUT2D eigenvalue weighted by molar-refractivity contribution is 5.97. The van der Waals surface area contributed by atoms with Crippen molar-refractivity contribution in [3.63, 3.8) is 0 Å². The second kappa shape index (κ2) is 20.4. The smallest absolute Gasteiger partial charge is 0.408 e. The Balaban J connectivity index is 3.13. The molecule has 0 radical (unpaired) electrons. The van der Waals surface area contributed by atoms with E-state index < -0.39 is 84.9 Å². The molecule has 5 N–H and O–H groups in total. The molecule has 0 bridgehead atoms. The first-order valence-corrected chi connectivity index (χ1v) is 14.5. The summed E-state index contributed by atoms with van der Waals surface area (Å²) >= 11 is 0. The molecule has 0 spiro atoms. The van der Waals surface area contributed by atoms with Gasteiger partial charge < -0.3 is 40.6 Å². The van der Waals surface area contributed by atoms with Gasteiger partial charge in [-0.15, -0.1) is 0 Å². The standard InChI is InChI=1S/C30H43FN4O11/c1-17(2)13-22(34-30(43)46-16-19-9-7-6-8-10-19)28(41)32-20(11-12-24(38)44-4)27(40)35-26(18(3)36)29(42)33-21(23(37)15-31)14-25(39)45-5/h6-10,17-18,20-22,26,36H,11-16H2,1-5H3,(H,32,41)(H,33,42)(H,34,43)(H,35,40)/t18-,20+,21?,22+,26+/m1/s1. The second-order valence-electron chi connectivity index (χ2n) is 10.7. The Morgan fingerprint density at radius 1 is 0.783 bits per heavy atom. The highest BCUT2D eigenvalue weighted by Crippen LogP contribution is 2.10. The lowest BCUT2D eigenvalue weighted by molar-refractivity contribution is -0.144. The number of rotatable bonds is 19. The number of alkyl carbamates (subject to hydrolysis) is 1. The molecule has 0 saturated heterocycles. The van der Waals surface area contributed by atoms with Crippen LogP contribution in [0.3, 0.4) is 0 Å². The Bertz CT molecular complexity index is 1200. The summed E-state index contributed by atoms with van der Waals surface area (Å²) in [6.07, 6.45) is -3.68. The Kier molecular flexibility index (Phi) is 17.5. The Morgan fingerprint density at radius 2 is 1.37 bits per heavy atom. The lowest BCUT2D eigenvalue weighted by Gasteiger charge is -2.27. The number of alkyl halides is 1. The van der Waals surface area contributed by atoms with Gasteiger partial charge in [0.1, 0.15) is 37.4 Å². The normalized spacial score (nSPS) is 14.0. The molecule has 0 fully saturated rings. The van der Waals surface area contributed by atoms with E-state index in [2.05, 4.69) is 30.7 Å². The Hall–Kier alpha value is -4.60. The molecule has 16 heteroatoms. The summed E-state index contributed by atoms with van der Waals surface area (Å²) in [5, 5.41) is 19.6. The van der Waals surface area contributed by atoms with E-state index >= 15 is 0 Å². The number of hydrogen-bond acceptors (Lipinski definition) is 11. The third kappa shape index (κ3) is 14.5. The minimum Gasteiger partial charge on any atom is -0.469 e. The van der Waals surface area contributed by atoms with Crippen molar-refractivity contribution in [2.45, 2.75) is 83.3 Å². The number of aliphatic hydroxyl groups excluding tert-OH is 1. The van der Waals surface area contributed by atoms with E-state index in [0.717, 1.165) is 21.1 Å². The maximum atomic E-state index is 13.3. The zero-order valence-electron chi connectivity index (χ0n) is 26.5. The number of nitrogens with one attached hydrogen (secondary N) is 4. The van der Waals surface area contributed by atoms with Crippen LogP contribution in [0, 0.1) is 5.92 Å². The number of methoxy groups -OCH3 is 2. The number of carbonyl (C=O) groups excluding carboxylic acids is 7. The number of amides is 4. The maximum absolute atomic E-state index is 13.3. The number of carbonyl (C=O) groups is 7. The minimum absolute atomic E-state index is 0.0624. The molecule has 0 aliphatic carbocycles. The molecule has 1 aromatic rings. The number of hydrogen-bond donors (Lipinski definition) is 5. The van der Waals surface area contributed by atoms with Crippen molar-refractivity contribution in [1.82, 2.24) is 21.3 Å². The monoisotopic (exact) mass is 654 g/mol. The van der Waals surface area contributed by atoms with Crippen molar-refractivity contribution in [1.29, 1.82) is 0 Å². The summed E-state index contributed by atoms with van der Waals surface area (Å²) in [6.45, 7) is 3.16. The van der Waals surface area contributed by atoms with Gasteiger partial charge in [0.15, 0.2) is 5.78 Å². The van der Waals surface area contributed by atoms with Gasteiger partial charge in [-0.05, 0) is 31.2 Å². The number of ketones is 1. The molecule has 1 aromatic carbocycles. The predicted molar refractivity (Wildman–Crippen MR) is 159 cm³/mol. The molecular formula is C30H43FN4O11.